The van der Waals surface area contributed by atoms with Crippen molar-refractivity contribution in [3.05, 3.63) is 28.7 Å². The highest BCUT2D eigenvalue weighted by Crippen LogP contribution is 2.36. The topological polar surface area (TPSA) is 23.5 Å². The first-order valence-corrected chi connectivity index (χ1v) is 6.50. The maximum absolute atomic E-state index is 9.74. The standard InChI is InChI=1S/C13H18BrNO/c1-13(2)9-10(16)7-8-15(13)12-6-4-3-5-11(12)14/h3-6,10,16H,7-9H2,1-2H3. The number of hydrogen-bond donors (Lipinski definition) is 1. The average Bonchev–Trinajstić information content (AvgIpc) is 2.18. The molecule has 1 saturated heterocycles. The van der Waals surface area contributed by atoms with Crippen molar-refractivity contribution >= 4 is 21.6 Å². The van der Waals surface area contributed by atoms with Gasteiger partial charge in [0, 0.05) is 16.6 Å². The lowest BCUT2D eigenvalue weighted by Crippen LogP contribution is -2.51. The van der Waals surface area contributed by atoms with E-state index in [1.807, 2.05) is 6.07 Å². The number of hydrogen-bond acceptors (Lipinski definition) is 2. The second kappa shape index (κ2) is 4.38. The normalized spacial score (nSPS) is 24.5. The van der Waals surface area contributed by atoms with Crippen LogP contribution >= 0.6 is 15.9 Å². The van der Waals surface area contributed by atoms with Crippen LogP contribution in [0.3, 0.4) is 0 Å². The summed E-state index contributed by atoms with van der Waals surface area (Å²) >= 11 is 3.59. The SMILES string of the molecule is CC1(C)CC(O)CCN1c1ccccc1Br. The maximum atomic E-state index is 9.74. The van der Waals surface area contributed by atoms with Gasteiger partial charge in [0.05, 0.1) is 11.8 Å². The third-order valence-corrected chi connectivity index (χ3v) is 3.97. The predicted molar refractivity (Wildman–Crippen MR) is 70.8 cm³/mol. The molecule has 16 heavy (non-hydrogen) atoms. The average molecular weight is 284 g/mol. The van der Waals surface area contributed by atoms with Gasteiger partial charge in [-0.3, -0.25) is 0 Å². The molecule has 88 valence electrons. The van der Waals surface area contributed by atoms with Gasteiger partial charge in [0.25, 0.3) is 0 Å². The van der Waals surface area contributed by atoms with E-state index in [1.54, 1.807) is 0 Å². The molecule has 0 saturated carbocycles. The molecule has 1 aliphatic heterocycles. The molecule has 0 radical (unpaired) electrons. The first-order chi connectivity index (χ1) is 7.50. The molecular weight excluding hydrogens is 266 g/mol. The van der Waals surface area contributed by atoms with Crippen molar-refractivity contribution in [3.8, 4) is 0 Å². The molecule has 1 unspecified atom stereocenters. The molecule has 1 heterocycles. The Hall–Kier alpha value is -0.540. The Morgan fingerprint density at radius 2 is 2.06 bits per heavy atom. The van der Waals surface area contributed by atoms with Crippen LogP contribution in [0, 0.1) is 0 Å². The molecule has 2 rings (SSSR count). The van der Waals surface area contributed by atoms with Gasteiger partial charge >= 0.3 is 0 Å². The second-order valence-electron chi connectivity index (χ2n) is 5.06. The smallest absolute Gasteiger partial charge is 0.0579 e. The van der Waals surface area contributed by atoms with Gasteiger partial charge in [0.15, 0.2) is 0 Å². The number of para-hydroxylation sites is 1. The van der Waals surface area contributed by atoms with E-state index in [1.165, 1.54) is 5.69 Å². The second-order valence-corrected chi connectivity index (χ2v) is 5.92. The zero-order chi connectivity index (χ0) is 11.8. The third-order valence-electron chi connectivity index (χ3n) is 3.30. The fourth-order valence-electron chi connectivity index (χ4n) is 2.49. The fraction of sp³-hybridized carbons (Fsp3) is 0.538. The Balaban J connectivity index is 2.31. The van der Waals surface area contributed by atoms with E-state index in [0.29, 0.717) is 0 Å². The summed E-state index contributed by atoms with van der Waals surface area (Å²) in [6.45, 7) is 5.29. The zero-order valence-electron chi connectivity index (χ0n) is 9.78. The Morgan fingerprint density at radius 1 is 1.38 bits per heavy atom. The van der Waals surface area contributed by atoms with Gasteiger partial charge in [-0.15, -0.1) is 0 Å². The van der Waals surface area contributed by atoms with E-state index in [4.69, 9.17) is 0 Å². The van der Waals surface area contributed by atoms with Gasteiger partial charge in [-0.2, -0.15) is 0 Å². The van der Waals surface area contributed by atoms with Crippen molar-refractivity contribution < 1.29 is 5.11 Å². The van der Waals surface area contributed by atoms with Gasteiger partial charge in [0.1, 0.15) is 0 Å². The van der Waals surface area contributed by atoms with Crippen molar-refractivity contribution in [2.24, 2.45) is 0 Å². The van der Waals surface area contributed by atoms with Crippen molar-refractivity contribution in [1.29, 1.82) is 0 Å². The highest BCUT2D eigenvalue weighted by molar-refractivity contribution is 9.10. The van der Waals surface area contributed by atoms with Crippen molar-refractivity contribution in [1.82, 2.24) is 0 Å². The fourth-order valence-corrected chi connectivity index (χ4v) is 2.99. The van der Waals surface area contributed by atoms with Gasteiger partial charge in [-0.1, -0.05) is 12.1 Å². The van der Waals surface area contributed by atoms with E-state index < -0.39 is 0 Å². The Kier molecular flexibility index (Phi) is 3.27. The van der Waals surface area contributed by atoms with E-state index in [9.17, 15) is 5.11 Å². The molecule has 3 heteroatoms. The molecule has 0 spiro atoms. The van der Waals surface area contributed by atoms with Crippen molar-refractivity contribution in [2.75, 3.05) is 11.4 Å². The number of aliphatic hydroxyl groups is 1. The van der Waals surface area contributed by atoms with Crippen LogP contribution in [0.2, 0.25) is 0 Å². The first-order valence-electron chi connectivity index (χ1n) is 5.71. The molecule has 1 aromatic carbocycles. The lowest BCUT2D eigenvalue weighted by molar-refractivity contribution is 0.107. The summed E-state index contributed by atoms with van der Waals surface area (Å²) in [5, 5.41) is 9.74. The number of nitrogens with zero attached hydrogens (tertiary/aromatic N) is 1. The maximum Gasteiger partial charge on any atom is 0.0579 e. The Bertz CT molecular complexity index is 378. The van der Waals surface area contributed by atoms with Gasteiger partial charge in [-0.05, 0) is 54.8 Å². The highest BCUT2D eigenvalue weighted by atomic mass is 79.9. The number of aliphatic hydroxyl groups excluding tert-OH is 1. The molecule has 1 N–H and O–H groups in total. The van der Waals surface area contributed by atoms with Crippen LogP contribution in [-0.4, -0.2) is 23.3 Å². The summed E-state index contributed by atoms with van der Waals surface area (Å²) in [4.78, 5) is 2.38. The van der Waals surface area contributed by atoms with E-state index >= 15 is 0 Å². The minimum absolute atomic E-state index is 0.0154. The molecule has 0 bridgehead atoms. The van der Waals surface area contributed by atoms with Crippen LogP contribution in [0.25, 0.3) is 0 Å². The van der Waals surface area contributed by atoms with Crippen LogP contribution in [0.4, 0.5) is 5.69 Å². The predicted octanol–water partition coefficient (Wildman–Crippen LogP) is 3.19. The Morgan fingerprint density at radius 3 is 2.69 bits per heavy atom. The van der Waals surface area contributed by atoms with E-state index in [0.717, 1.165) is 23.9 Å². The monoisotopic (exact) mass is 283 g/mol. The molecule has 1 fully saturated rings. The highest BCUT2D eigenvalue weighted by Gasteiger charge is 2.34. The molecule has 1 aromatic rings. The summed E-state index contributed by atoms with van der Waals surface area (Å²) in [6.07, 6.45) is 1.52. The largest absolute Gasteiger partial charge is 0.393 e. The van der Waals surface area contributed by atoms with Gasteiger partial charge in [-0.25, -0.2) is 0 Å². The summed E-state index contributed by atoms with van der Waals surface area (Å²) < 4.78 is 1.12. The number of benzene rings is 1. The number of rotatable bonds is 1. The first kappa shape index (κ1) is 11.9. The molecular formula is C13H18BrNO. The van der Waals surface area contributed by atoms with Crippen molar-refractivity contribution in [2.45, 2.75) is 38.3 Å². The van der Waals surface area contributed by atoms with Crippen LogP contribution in [0.5, 0.6) is 0 Å². The summed E-state index contributed by atoms with van der Waals surface area (Å²) in [5.74, 6) is 0. The molecule has 1 atom stereocenters. The number of piperidine rings is 1. The number of halogens is 1. The van der Waals surface area contributed by atoms with Crippen molar-refractivity contribution in [3.63, 3.8) is 0 Å². The molecule has 1 aliphatic rings. The third kappa shape index (κ3) is 2.25. The molecule has 0 amide bonds. The summed E-state index contributed by atoms with van der Waals surface area (Å²) in [5.41, 5.74) is 1.24. The van der Waals surface area contributed by atoms with Gasteiger partial charge in [0.2, 0.25) is 0 Å². The summed E-state index contributed by atoms with van der Waals surface area (Å²) in [7, 11) is 0. The molecule has 0 aromatic heterocycles. The summed E-state index contributed by atoms with van der Waals surface area (Å²) in [6, 6.07) is 8.28. The van der Waals surface area contributed by atoms with Gasteiger partial charge < -0.3 is 10.0 Å². The van der Waals surface area contributed by atoms with E-state index in [-0.39, 0.29) is 11.6 Å². The molecule has 0 aliphatic carbocycles. The number of anilines is 1. The minimum atomic E-state index is -0.159. The zero-order valence-corrected chi connectivity index (χ0v) is 11.4. The lowest BCUT2D eigenvalue weighted by atomic mass is 9.88. The van der Waals surface area contributed by atoms with Crippen LogP contribution in [0.15, 0.2) is 28.7 Å². The minimum Gasteiger partial charge on any atom is -0.393 e. The van der Waals surface area contributed by atoms with Crippen LogP contribution < -0.4 is 4.90 Å². The van der Waals surface area contributed by atoms with Crippen LogP contribution in [0.1, 0.15) is 26.7 Å². The molecule has 2 nitrogen and oxygen atoms in total. The van der Waals surface area contributed by atoms with Crippen LogP contribution in [-0.2, 0) is 0 Å². The van der Waals surface area contributed by atoms with E-state index in [2.05, 4.69) is 52.9 Å². The quantitative estimate of drug-likeness (QED) is 0.856. The Labute approximate surface area is 105 Å². The lowest BCUT2D eigenvalue weighted by Gasteiger charge is -2.46.